The number of amides is 1. The van der Waals surface area contributed by atoms with Gasteiger partial charge in [-0.1, -0.05) is 90.4 Å². The SMILES string of the molecule is CCCCCCCCCCCCCCCC(=O)NCCCN1CCCCC1C.Cl. The monoisotopic (exact) mass is 430 g/mol. The van der Waals surface area contributed by atoms with Crippen LogP contribution in [0.5, 0.6) is 0 Å². The highest BCUT2D eigenvalue weighted by Gasteiger charge is 2.17. The first kappa shape index (κ1) is 28.7. The molecule has 1 rings (SSSR count). The molecular formula is C25H51ClN2O. The lowest BCUT2D eigenvalue weighted by Gasteiger charge is -2.33. The number of halogens is 1. The van der Waals surface area contributed by atoms with Gasteiger partial charge in [-0.3, -0.25) is 4.79 Å². The van der Waals surface area contributed by atoms with Gasteiger partial charge in [0.2, 0.25) is 5.91 Å². The summed E-state index contributed by atoms with van der Waals surface area (Å²) < 4.78 is 0. The van der Waals surface area contributed by atoms with Crippen molar-refractivity contribution in [3.8, 4) is 0 Å². The summed E-state index contributed by atoms with van der Waals surface area (Å²) in [5.41, 5.74) is 0. The summed E-state index contributed by atoms with van der Waals surface area (Å²) in [7, 11) is 0. The molecule has 0 aromatic carbocycles. The van der Waals surface area contributed by atoms with Gasteiger partial charge in [-0.05, 0) is 39.2 Å². The number of likely N-dealkylation sites (tertiary alicyclic amines) is 1. The lowest BCUT2D eigenvalue weighted by Crippen LogP contribution is -2.39. The summed E-state index contributed by atoms with van der Waals surface area (Å²) in [6.45, 7) is 7.85. The van der Waals surface area contributed by atoms with Crippen LogP contribution in [0.25, 0.3) is 0 Å². The maximum Gasteiger partial charge on any atom is 0.219 e. The van der Waals surface area contributed by atoms with Gasteiger partial charge in [-0.25, -0.2) is 0 Å². The smallest absolute Gasteiger partial charge is 0.219 e. The molecule has 1 aliphatic rings. The van der Waals surface area contributed by atoms with E-state index in [4.69, 9.17) is 0 Å². The Labute approximate surface area is 188 Å². The fourth-order valence-corrected chi connectivity index (χ4v) is 4.39. The van der Waals surface area contributed by atoms with Gasteiger partial charge in [-0.15, -0.1) is 12.4 Å². The number of hydrogen-bond acceptors (Lipinski definition) is 2. The molecule has 174 valence electrons. The molecule has 0 saturated carbocycles. The Kier molecular flexibility index (Phi) is 20.8. The minimum Gasteiger partial charge on any atom is -0.356 e. The molecule has 0 bridgehead atoms. The topological polar surface area (TPSA) is 32.3 Å². The Morgan fingerprint density at radius 1 is 0.828 bits per heavy atom. The third-order valence-corrected chi connectivity index (χ3v) is 6.39. The first-order chi connectivity index (χ1) is 13.7. The number of nitrogens with one attached hydrogen (secondary N) is 1. The fraction of sp³-hybridized carbons (Fsp3) is 0.960. The molecule has 1 unspecified atom stereocenters. The van der Waals surface area contributed by atoms with Crippen molar-refractivity contribution >= 4 is 18.3 Å². The van der Waals surface area contributed by atoms with Crippen LogP contribution in [0.3, 0.4) is 0 Å². The van der Waals surface area contributed by atoms with Gasteiger partial charge in [0.1, 0.15) is 0 Å². The molecule has 1 N–H and O–H groups in total. The van der Waals surface area contributed by atoms with Crippen LogP contribution in [0.4, 0.5) is 0 Å². The van der Waals surface area contributed by atoms with Crippen molar-refractivity contribution in [2.45, 2.75) is 135 Å². The van der Waals surface area contributed by atoms with Gasteiger partial charge < -0.3 is 10.2 Å². The molecule has 0 aliphatic carbocycles. The van der Waals surface area contributed by atoms with Gasteiger partial charge >= 0.3 is 0 Å². The van der Waals surface area contributed by atoms with Crippen molar-refractivity contribution in [2.75, 3.05) is 19.6 Å². The molecular weight excluding hydrogens is 380 g/mol. The quantitative estimate of drug-likeness (QED) is 0.232. The molecule has 0 radical (unpaired) electrons. The number of carbonyl (C=O) groups excluding carboxylic acids is 1. The normalized spacial score (nSPS) is 17.1. The van der Waals surface area contributed by atoms with Crippen LogP contribution in [0, 0.1) is 0 Å². The van der Waals surface area contributed by atoms with E-state index in [-0.39, 0.29) is 18.3 Å². The second kappa shape index (κ2) is 21.0. The minimum atomic E-state index is 0. The van der Waals surface area contributed by atoms with E-state index >= 15 is 0 Å². The molecule has 1 heterocycles. The molecule has 29 heavy (non-hydrogen) atoms. The van der Waals surface area contributed by atoms with Gasteiger partial charge in [0.25, 0.3) is 0 Å². The average Bonchev–Trinajstić information content (AvgIpc) is 2.70. The molecule has 0 aromatic heterocycles. The van der Waals surface area contributed by atoms with Crippen molar-refractivity contribution in [3.63, 3.8) is 0 Å². The highest BCUT2D eigenvalue weighted by molar-refractivity contribution is 5.85. The highest BCUT2D eigenvalue weighted by atomic mass is 35.5. The second-order valence-electron chi connectivity index (χ2n) is 9.08. The van der Waals surface area contributed by atoms with Crippen LogP contribution in [0.1, 0.15) is 129 Å². The third kappa shape index (κ3) is 17.1. The van der Waals surface area contributed by atoms with Crippen LogP contribution in [-0.2, 0) is 4.79 Å². The van der Waals surface area contributed by atoms with Gasteiger partial charge in [0, 0.05) is 25.6 Å². The van der Waals surface area contributed by atoms with Crippen molar-refractivity contribution in [1.82, 2.24) is 10.2 Å². The van der Waals surface area contributed by atoms with Crippen LogP contribution in [0.15, 0.2) is 0 Å². The number of nitrogens with zero attached hydrogens (tertiary/aromatic N) is 1. The Balaban J connectivity index is 0.00000784. The summed E-state index contributed by atoms with van der Waals surface area (Å²) in [6, 6.07) is 0.732. The summed E-state index contributed by atoms with van der Waals surface area (Å²) in [5, 5.41) is 3.11. The van der Waals surface area contributed by atoms with E-state index < -0.39 is 0 Å². The van der Waals surface area contributed by atoms with E-state index in [1.165, 1.54) is 103 Å². The lowest BCUT2D eigenvalue weighted by molar-refractivity contribution is -0.121. The molecule has 1 atom stereocenters. The Bertz CT molecular complexity index is 365. The number of unbranched alkanes of at least 4 members (excludes halogenated alkanes) is 12. The van der Waals surface area contributed by atoms with Gasteiger partial charge in [0.15, 0.2) is 0 Å². The zero-order chi connectivity index (χ0) is 20.3. The second-order valence-corrected chi connectivity index (χ2v) is 9.08. The predicted molar refractivity (Wildman–Crippen MR) is 130 cm³/mol. The maximum absolute atomic E-state index is 11.9. The maximum atomic E-state index is 11.9. The van der Waals surface area contributed by atoms with E-state index in [0.29, 0.717) is 0 Å². The number of rotatable bonds is 18. The van der Waals surface area contributed by atoms with Crippen LogP contribution >= 0.6 is 12.4 Å². The molecule has 1 aliphatic heterocycles. The predicted octanol–water partition coefficient (Wildman–Crippen LogP) is 7.27. The lowest BCUT2D eigenvalue weighted by atomic mass is 10.0. The van der Waals surface area contributed by atoms with Crippen molar-refractivity contribution in [1.29, 1.82) is 0 Å². The van der Waals surface area contributed by atoms with E-state index in [2.05, 4.69) is 24.1 Å². The Morgan fingerprint density at radius 2 is 1.38 bits per heavy atom. The molecule has 1 saturated heterocycles. The van der Waals surface area contributed by atoms with E-state index in [0.717, 1.165) is 38.4 Å². The summed E-state index contributed by atoms with van der Waals surface area (Å²) in [6.07, 6.45) is 23.5. The standard InChI is InChI=1S/C25H50N2O.ClH/c1-3-4-5-6-7-8-9-10-11-12-13-14-15-20-25(28)26-21-18-23-27-22-17-16-19-24(27)2;/h24H,3-23H2,1-2H3,(H,26,28);1H. The molecule has 4 heteroatoms. The largest absolute Gasteiger partial charge is 0.356 e. The van der Waals surface area contributed by atoms with Crippen molar-refractivity contribution in [3.05, 3.63) is 0 Å². The van der Waals surface area contributed by atoms with Gasteiger partial charge in [0.05, 0.1) is 0 Å². The third-order valence-electron chi connectivity index (χ3n) is 6.39. The summed E-state index contributed by atoms with van der Waals surface area (Å²) in [5.74, 6) is 0.259. The Morgan fingerprint density at radius 3 is 1.93 bits per heavy atom. The zero-order valence-corrected chi connectivity index (χ0v) is 20.5. The Hall–Kier alpha value is -0.280. The summed E-state index contributed by atoms with van der Waals surface area (Å²) in [4.78, 5) is 14.5. The highest BCUT2D eigenvalue weighted by Crippen LogP contribution is 2.16. The zero-order valence-electron chi connectivity index (χ0n) is 19.7. The van der Waals surface area contributed by atoms with Crippen molar-refractivity contribution < 1.29 is 4.79 Å². The molecule has 0 aromatic rings. The van der Waals surface area contributed by atoms with Crippen LogP contribution in [0.2, 0.25) is 0 Å². The summed E-state index contributed by atoms with van der Waals surface area (Å²) >= 11 is 0. The number of carbonyl (C=O) groups is 1. The minimum absolute atomic E-state index is 0. The van der Waals surface area contributed by atoms with Crippen LogP contribution < -0.4 is 5.32 Å². The number of piperidine rings is 1. The van der Waals surface area contributed by atoms with Gasteiger partial charge in [-0.2, -0.15) is 0 Å². The molecule has 0 spiro atoms. The first-order valence-corrected chi connectivity index (χ1v) is 12.7. The molecule has 1 amide bonds. The first-order valence-electron chi connectivity index (χ1n) is 12.7. The number of hydrogen-bond donors (Lipinski definition) is 1. The van der Waals surface area contributed by atoms with E-state index in [9.17, 15) is 4.79 Å². The van der Waals surface area contributed by atoms with Crippen molar-refractivity contribution in [2.24, 2.45) is 0 Å². The van der Waals surface area contributed by atoms with Crippen LogP contribution in [-0.4, -0.2) is 36.5 Å². The van der Waals surface area contributed by atoms with E-state index in [1.54, 1.807) is 0 Å². The average molecular weight is 431 g/mol. The molecule has 1 fully saturated rings. The fourth-order valence-electron chi connectivity index (χ4n) is 4.39. The molecule has 3 nitrogen and oxygen atoms in total. The van der Waals surface area contributed by atoms with E-state index in [1.807, 2.05) is 0 Å².